The molecule has 1 spiro atoms. The van der Waals surface area contributed by atoms with E-state index in [0.717, 1.165) is 5.56 Å². The molecular formula is C27H24FN3O3S. The van der Waals surface area contributed by atoms with Crippen LogP contribution in [0.4, 0.5) is 21.5 Å². The maximum atomic E-state index is 14.0. The molecule has 3 aromatic rings. The van der Waals surface area contributed by atoms with Gasteiger partial charge in [-0.2, -0.15) is 0 Å². The lowest BCUT2D eigenvalue weighted by Crippen LogP contribution is -2.50. The Morgan fingerprint density at radius 2 is 1.80 bits per heavy atom. The standard InChI is InChI=1S/C27H24FN3O3S/c1-17(2)18-10-12-20(13-11-18)29-24(32)15-30-23-9-4-3-8-22(23)27(26(30)34)31(25(33)16-35-27)21-7-5-6-19(28)14-21/h3-14,17H,15-16H2,1-2H3,(H,29,32)/t27-/m1/s1. The number of halogens is 1. The largest absolute Gasteiger partial charge is 0.325 e. The van der Waals surface area contributed by atoms with Gasteiger partial charge in [0.2, 0.25) is 16.7 Å². The number of thioether (sulfide) groups is 1. The Morgan fingerprint density at radius 3 is 2.51 bits per heavy atom. The molecule has 0 aromatic heterocycles. The van der Waals surface area contributed by atoms with Gasteiger partial charge in [0, 0.05) is 16.9 Å². The SMILES string of the molecule is CC(C)c1ccc(NC(=O)CN2C(=O)[C@]3(SCC(=O)N3c3cccc(F)c3)c3ccccc32)cc1. The molecule has 35 heavy (non-hydrogen) atoms. The molecule has 5 rings (SSSR count). The monoisotopic (exact) mass is 489 g/mol. The van der Waals surface area contributed by atoms with E-state index >= 15 is 0 Å². The molecule has 1 N–H and O–H groups in total. The van der Waals surface area contributed by atoms with Gasteiger partial charge in [-0.15, -0.1) is 11.8 Å². The highest BCUT2D eigenvalue weighted by Gasteiger charge is 2.61. The molecule has 0 aliphatic carbocycles. The fraction of sp³-hybridized carbons (Fsp3) is 0.222. The summed E-state index contributed by atoms with van der Waals surface area (Å²) < 4.78 is 14.0. The van der Waals surface area contributed by atoms with Crippen LogP contribution in [0.15, 0.2) is 72.8 Å². The van der Waals surface area contributed by atoms with Crippen molar-refractivity contribution >= 4 is 46.5 Å². The highest BCUT2D eigenvalue weighted by Crippen LogP contribution is 2.55. The minimum absolute atomic E-state index is 0.0683. The number of hydrogen-bond acceptors (Lipinski definition) is 4. The number of amides is 3. The fourth-order valence-corrected chi connectivity index (χ4v) is 5.98. The van der Waals surface area contributed by atoms with E-state index in [1.807, 2.05) is 24.3 Å². The Hall–Kier alpha value is -3.65. The molecule has 2 aliphatic rings. The molecule has 3 amide bonds. The smallest absolute Gasteiger partial charge is 0.269 e. The fourth-order valence-electron chi connectivity index (χ4n) is 4.62. The number of carbonyl (C=O) groups excluding carboxylic acids is 3. The summed E-state index contributed by atoms with van der Waals surface area (Å²) in [4.78, 5) is 41.3. The molecule has 1 fully saturated rings. The second-order valence-electron chi connectivity index (χ2n) is 8.88. The van der Waals surface area contributed by atoms with Crippen molar-refractivity contribution in [3.63, 3.8) is 0 Å². The van der Waals surface area contributed by atoms with Crippen LogP contribution in [0.5, 0.6) is 0 Å². The van der Waals surface area contributed by atoms with E-state index in [9.17, 15) is 18.8 Å². The van der Waals surface area contributed by atoms with Gasteiger partial charge in [0.05, 0.1) is 11.4 Å². The third-order valence-electron chi connectivity index (χ3n) is 6.29. The summed E-state index contributed by atoms with van der Waals surface area (Å²) in [5.41, 5.74) is 3.28. The van der Waals surface area contributed by atoms with E-state index in [0.29, 0.717) is 28.5 Å². The van der Waals surface area contributed by atoms with Crippen LogP contribution >= 0.6 is 11.8 Å². The van der Waals surface area contributed by atoms with Crippen LogP contribution in [0.25, 0.3) is 0 Å². The molecule has 178 valence electrons. The number of nitrogens with zero attached hydrogens (tertiary/aromatic N) is 2. The summed E-state index contributed by atoms with van der Waals surface area (Å²) in [6, 6.07) is 20.4. The Morgan fingerprint density at radius 1 is 1.06 bits per heavy atom. The Labute approximate surface area is 207 Å². The van der Waals surface area contributed by atoms with Gasteiger partial charge in [-0.3, -0.25) is 24.2 Å². The minimum atomic E-state index is -1.39. The lowest BCUT2D eigenvalue weighted by molar-refractivity contribution is -0.124. The summed E-state index contributed by atoms with van der Waals surface area (Å²) in [5.74, 6) is -1.10. The van der Waals surface area contributed by atoms with Crippen LogP contribution in [0.3, 0.4) is 0 Å². The average Bonchev–Trinajstić information content (AvgIpc) is 3.30. The molecule has 2 aliphatic heterocycles. The van der Waals surface area contributed by atoms with Crippen LogP contribution in [0.1, 0.15) is 30.9 Å². The van der Waals surface area contributed by atoms with Crippen LogP contribution in [-0.2, 0) is 19.3 Å². The van der Waals surface area contributed by atoms with Gasteiger partial charge in [0.25, 0.3) is 5.91 Å². The van der Waals surface area contributed by atoms with Crippen LogP contribution in [-0.4, -0.2) is 30.0 Å². The van der Waals surface area contributed by atoms with Crippen molar-refractivity contribution in [1.82, 2.24) is 0 Å². The maximum Gasteiger partial charge on any atom is 0.269 e. The molecule has 0 bridgehead atoms. The topological polar surface area (TPSA) is 69.7 Å². The van der Waals surface area contributed by atoms with E-state index in [4.69, 9.17) is 0 Å². The third-order valence-corrected chi connectivity index (χ3v) is 7.68. The molecule has 0 radical (unpaired) electrons. The second-order valence-corrected chi connectivity index (χ2v) is 10.0. The first kappa shape index (κ1) is 23.1. The van der Waals surface area contributed by atoms with Gasteiger partial charge < -0.3 is 5.32 Å². The van der Waals surface area contributed by atoms with E-state index < -0.39 is 16.6 Å². The molecule has 0 unspecified atom stereocenters. The van der Waals surface area contributed by atoms with Crippen LogP contribution < -0.4 is 15.1 Å². The molecule has 1 atom stereocenters. The van der Waals surface area contributed by atoms with Gasteiger partial charge >= 0.3 is 0 Å². The van der Waals surface area contributed by atoms with Gasteiger partial charge in [0.1, 0.15) is 12.4 Å². The van der Waals surface area contributed by atoms with Crippen molar-refractivity contribution in [2.75, 3.05) is 27.4 Å². The number of rotatable bonds is 5. The zero-order chi connectivity index (χ0) is 24.7. The molecule has 2 heterocycles. The van der Waals surface area contributed by atoms with E-state index in [1.54, 1.807) is 30.3 Å². The predicted molar refractivity (Wildman–Crippen MR) is 136 cm³/mol. The predicted octanol–water partition coefficient (Wildman–Crippen LogP) is 4.87. The van der Waals surface area contributed by atoms with Crippen molar-refractivity contribution in [2.45, 2.75) is 24.6 Å². The summed E-state index contributed by atoms with van der Waals surface area (Å²) in [6.45, 7) is 3.98. The lowest BCUT2D eigenvalue weighted by Gasteiger charge is -2.33. The number of anilines is 3. The van der Waals surface area contributed by atoms with Crippen molar-refractivity contribution in [1.29, 1.82) is 0 Å². The summed E-state index contributed by atoms with van der Waals surface area (Å²) >= 11 is 1.19. The van der Waals surface area contributed by atoms with Crippen molar-refractivity contribution in [3.8, 4) is 0 Å². The number of hydrogen-bond donors (Lipinski definition) is 1. The first-order chi connectivity index (χ1) is 16.8. The highest BCUT2D eigenvalue weighted by molar-refractivity contribution is 8.02. The molecule has 0 saturated carbocycles. The molecule has 3 aromatic carbocycles. The van der Waals surface area contributed by atoms with Crippen molar-refractivity contribution in [3.05, 3.63) is 89.7 Å². The minimum Gasteiger partial charge on any atom is -0.325 e. The first-order valence-electron chi connectivity index (χ1n) is 11.3. The van der Waals surface area contributed by atoms with Gasteiger partial charge in [-0.05, 0) is 47.9 Å². The Bertz CT molecular complexity index is 1330. The first-order valence-corrected chi connectivity index (χ1v) is 12.3. The summed E-state index contributed by atoms with van der Waals surface area (Å²) in [5, 5.41) is 2.85. The van der Waals surface area contributed by atoms with Gasteiger partial charge in [-0.1, -0.05) is 50.2 Å². The molecule has 6 nitrogen and oxygen atoms in total. The highest BCUT2D eigenvalue weighted by atomic mass is 32.2. The summed E-state index contributed by atoms with van der Waals surface area (Å²) in [7, 11) is 0. The summed E-state index contributed by atoms with van der Waals surface area (Å²) in [6.07, 6.45) is 0. The Kier molecular flexibility index (Phi) is 5.84. The van der Waals surface area contributed by atoms with Gasteiger partial charge in [0.15, 0.2) is 0 Å². The van der Waals surface area contributed by atoms with Crippen LogP contribution in [0.2, 0.25) is 0 Å². The maximum absolute atomic E-state index is 14.0. The van der Waals surface area contributed by atoms with E-state index in [2.05, 4.69) is 19.2 Å². The van der Waals surface area contributed by atoms with E-state index in [-0.39, 0.29) is 24.1 Å². The Balaban J connectivity index is 1.46. The number of carbonyl (C=O) groups is 3. The third kappa shape index (κ3) is 3.87. The van der Waals surface area contributed by atoms with Crippen molar-refractivity contribution in [2.24, 2.45) is 0 Å². The number of nitrogens with one attached hydrogen (secondary N) is 1. The molecule has 8 heteroatoms. The second kappa shape index (κ2) is 8.85. The number of para-hydroxylation sites is 1. The zero-order valence-corrected chi connectivity index (χ0v) is 20.1. The van der Waals surface area contributed by atoms with Crippen LogP contribution in [0, 0.1) is 5.82 Å². The number of benzene rings is 3. The molecular weight excluding hydrogens is 465 g/mol. The molecule has 1 saturated heterocycles. The van der Waals surface area contributed by atoms with Crippen molar-refractivity contribution < 1.29 is 18.8 Å². The van der Waals surface area contributed by atoms with E-state index in [1.165, 1.54) is 39.8 Å². The number of fused-ring (bicyclic) bond motifs is 2. The average molecular weight is 490 g/mol. The zero-order valence-electron chi connectivity index (χ0n) is 19.3. The quantitative estimate of drug-likeness (QED) is 0.555. The normalized spacial score (nSPS) is 19.1. The lowest BCUT2D eigenvalue weighted by atomic mass is 10.0. The van der Waals surface area contributed by atoms with Gasteiger partial charge in [-0.25, -0.2) is 4.39 Å².